The third-order valence-corrected chi connectivity index (χ3v) is 5.28. The Bertz CT molecular complexity index is 1000. The van der Waals surface area contributed by atoms with Crippen molar-refractivity contribution < 1.29 is 18.7 Å². The van der Waals surface area contributed by atoms with Crippen molar-refractivity contribution in [2.75, 3.05) is 38.5 Å². The van der Waals surface area contributed by atoms with Crippen LogP contribution in [0, 0.1) is 0 Å². The number of methoxy groups -OCH3 is 2. The van der Waals surface area contributed by atoms with Crippen LogP contribution in [0.3, 0.4) is 0 Å². The third-order valence-electron chi connectivity index (χ3n) is 4.34. The molecule has 9 heteroatoms. The highest BCUT2D eigenvalue weighted by atomic mass is 32.2. The highest BCUT2D eigenvalue weighted by Crippen LogP contribution is 2.34. The first-order valence-electron chi connectivity index (χ1n) is 9.22. The number of amides is 1. The second-order valence-electron chi connectivity index (χ2n) is 6.63. The highest BCUT2D eigenvalue weighted by molar-refractivity contribution is 8.00. The number of rotatable bonds is 8. The summed E-state index contributed by atoms with van der Waals surface area (Å²) in [4.78, 5) is 14.5. The van der Waals surface area contributed by atoms with E-state index in [1.807, 2.05) is 43.3 Å². The Hall–Kier alpha value is -3.20. The van der Waals surface area contributed by atoms with Crippen LogP contribution >= 0.6 is 11.8 Å². The number of nitrogens with zero attached hydrogens (tertiary/aromatic N) is 3. The molecule has 158 valence electrons. The fraction of sp³-hybridized carbons (Fsp3) is 0.286. The summed E-state index contributed by atoms with van der Waals surface area (Å²) in [5.41, 5.74) is 2.44. The number of benzene rings is 2. The van der Waals surface area contributed by atoms with Crippen molar-refractivity contribution in [3.8, 4) is 23.0 Å². The van der Waals surface area contributed by atoms with Gasteiger partial charge in [-0.2, -0.15) is 0 Å². The van der Waals surface area contributed by atoms with Gasteiger partial charge in [-0.25, -0.2) is 0 Å². The normalized spacial score (nSPS) is 11.6. The maximum Gasteiger partial charge on any atom is 0.277 e. The van der Waals surface area contributed by atoms with E-state index < -0.39 is 5.25 Å². The number of hydrogen-bond donors (Lipinski definition) is 1. The number of nitrogens with one attached hydrogen (secondary N) is 1. The highest BCUT2D eigenvalue weighted by Gasteiger charge is 2.20. The van der Waals surface area contributed by atoms with Gasteiger partial charge in [0.15, 0.2) is 0 Å². The smallest absolute Gasteiger partial charge is 0.277 e. The Morgan fingerprint density at radius 2 is 1.83 bits per heavy atom. The summed E-state index contributed by atoms with van der Waals surface area (Å²) in [7, 11) is 7.07. The minimum Gasteiger partial charge on any atom is -0.497 e. The van der Waals surface area contributed by atoms with Crippen molar-refractivity contribution in [1.82, 2.24) is 10.2 Å². The third kappa shape index (κ3) is 5.04. The van der Waals surface area contributed by atoms with Gasteiger partial charge in [-0.05, 0) is 43.3 Å². The van der Waals surface area contributed by atoms with Crippen LogP contribution in [0.25, 0.3) is 11.5 Å². The molecule has 0 fully saturated rings. The Balaban J connectivity index is 1.66. The number of carbonyl (C=O) groups is 1. The van der Waals surface area contributed by atoms with Crippen LogP contribution in [0.15, 0.2) is 52.1 Å². The summed E-state index contributed by atoms with van der Waals surface area (Å²) < 4.78 is 16.3. The molecule has 0 aliphatic heterocycles. The van der Waals surface area contributed by atoms with Crippen LogP contribution < -0.4 is 19.7 Å². The average Bonchev–Trinajstić information content (AvgIpc) is 3.21. The topological polar surface area (TPSA) is 89.7 Å². The lowest BCUT2D eigenvalue weighted by molar-refractivity contribution is -0.115. The van der Waals surface area contributed by atoms with Crippen molar-refractivity contribution in [3.63, 3.8) is 0 Å². The summed E-state index contributed by atoms with van der Waals surface area (Å²) >= 11 is 1.19. The van der Waals surface area contributed by atoms with E-state index in [9.17, 15) is 4.79 Å². The Morgan fingerprint density at radius 1 is 1.10 bits per heavy atom. The Kier molecular flexibility index (Phi) is 6.83. The molecule has 8 nitrogen and oxygen atoms in total. The molecular weight excluding hydrogens is 404 g/mol. The van der Waals surface area contributed by atoms with Crippen molar-refractivity contribution in [2.45, 2.75) is 17.4 Å². The zero-order valence-corrected chi connectivity index (χ0v) is 18.3. The molecule has 30 heavy (non-hydrogen) atoms. The quantitative estimate of drug-likeness (QED) is 0.540. The van der Waals surface area contributed by atoms with Gasteiger partial charge in [0, 0.05) is 31.5 Å². The predicted molar refractivity (Wildman–Crippen MR) is 118 cm³/mol. The summed E-state index contributed by atoms with van der Waals surface area (Å²) in [6, 6.07) is 12.9. The molecule has 3 rings (SSSR count). The number of thioether (sulfide) groups is 1. The first-order valence-corrected chi connectivity index (χ1v) is 10.1. The molecule has 1 heterocycles. The van der Waals surface area contributed by atoms with Gasteiger partial charge in [0.1, 0.15) is 11.5 Å². The van der Waals surface area contributed by atoms with Gasteiger partial charge >= 0.3 is 0 Å². The average molecular weight is 429 g/mol. The van der Waals surface area contributed by atoms with Gasteiger partial charge in [-0.15, -0.1) is 10.2 Å². The largest absolute Gasteiger partial charge is 0.497 e. The molecule has 2 aromatic carbocycles. The van der Waals surface area contributed by atoms with Crippen LogP contribution in [0.2, 0.25) is 0 Å². The summed E-state index contributed by atoms with van der Waals surface area (Å²) in [6.45, 7) is 1.78. The van der Waals surface area contributed by atoms with Crippen molar-refractivity contribution in [2.24, 2.45) is 0 Å². The molecule has 1 aromatic heterocycles. The molecular formula is C21H24N4O4S. The fourth-order valence-corrected chi connectivity index (χ4v) is 3.32. The van der Waals surface area contributed by atoms with Gasteiger partial charge in [0.25, 0.3) is 11.1 Å². The van der Waals surface area contributed by atoms with Gasteiger partial charge in [-0.1, -0.05) is 11.8 Å². The molecule has 0 unspecified atom stereocenters. The van der Waals surface area contributed by atoms with Crippen molar-refractivity contribution in [1.29, 1.82) is 0 Å². The van der Waals surface area contributed by atoms with Crippen LogP contribution in [0.5, 0.6) is 11.5 Å². The SMILES string of the molecule is COc1ccc(-c2nnc(S[C@H](C)C(=O)Nc3ccc(N(C)C)cc3)o2)c(OC)c1. The molecule has 1 N–H and O–H groups in total. The molecule has 0 saturated heterocycles. The maximum absolute atomic E-state index is 12.5. The zero-order valence-electron chi connectivity index (χ0n) is 17.5. The van der Waals surface area contributed by atoms with E-state index >= 15 is 0 Å². The van der Waals surface area contributed by atoms with E-state index in [1.165, 1.54) is 11.8 Å². The molecule has 0 spiro atoms. The van der Waals surface area contributed by atoms with E-state index in [-0.39, 0.29) is 5.91 Å². The minimum absolute atomic E-state index is 0.153. The monoisotopic (exact) mass is 428 g/mol. The predicted octanol–water partition coefficient (Wildman–Crippen LogP) is 3.94. The Morgan fingerprint density at radius 3 is 2.47 bits per heavy atom. The number of anilines is 2. The van der Waals surface area contributed by atoms with Crippen molar-refractivity contribution in [3.05, 3.63) is 42.5 Å². The molecule has 0 saturated carbocycles. The van der Waals surface area contributed by atoms with E-state index in [0.29, 0.717) is 28.2 Å². The number of ether oxygens (including phenoxy) is 2. The lowest BCUT2D eigenvalue weighted by Crippen LogP contribution is -2.22. The van der Waals surface area contributed by atoms with E-state index in [2.05, 4.69) is 15.5 Å². The molecule has 0 radical (unpaired) electrons. The molecule has 3 aromatic rings. The van der Waals surface area contributed by atoms with Gasteiger partial charge in [0.2, 0.25) is 5.91 Å². The number of aromatic nitrogens is 2. The van der Waals surface area contributed by atoms with Crippen LogP contribution in [-0.2, 0) is 4.79 Å². The standard InChI is InChI=1S/C21H24N4O4S/c1-13(19(26)22-14-6-8-15(9-7-14)25(2)3)30-21-24-23-20(29-21)17-11-10-16(27-4)12-18(17)28-5/h6-13H,1-5H3,(H,22,26)/t13-/m1/s1. The number of hydrogen-bond acceptors (Lipinski definition) is 8. The fourth-order valence-electron chi connectivity index (χ4n) is 2.63. The number of carbonyl (C=O) groups excluding carboxylic acids is 1. The summed E-state index contributed by atoms with van der Waals surface area (Å²) in [5.74, 6) is 1.37. The lowest BCUT2D eigenvalue weighted by atomic mass is 10.2. The summed E-state index contributed by atoms with van der Waals surface area (Å²) in [6.07, 6.45) is 0. The molecule has 1 amide bonds. The second kappa shape index (κ2) is 9.53. The van der Waals surface area contributed by atoms with Gasteiger partial charge in [0.05, 0.1) is 25.0 Å². The van der Waals surface area contributed by atoms with Crippen LogP contribution in [0.4, 0.5) is 11.4 Å². The van der Waals surface area contributed by atoms with E-state index in [1.54, 1.807) is 39.3 Å². The van der Waals surface area contributed by atoms with Crippen LogP contribution in [0.1, 0.15) is 6.92 Å². The second-order valence-corrected chi connectivity index (χ2v) is 7.92. The van der Waals surface area contributed by atoms with E-state index in [0.717, 1.165) is 11.4 Å². The first kappa shape index (κ1) is 21.5. The molecule has 0 bridgehead atoms. The lowest BCUT2D eigenvalue weighted by Gasteiger charge is -2.14. The van der Waals surface area contributed by atoms with Crippen LogP contribution in [-0.4, -0.2) is 49.7 Å². The summed E-state index contributed by atoms with van der Waals surface area (Å²) in [5, 5.41) is 10.9. The molecule has 0 aliphatic carbocycles. The van der Waals surface area contributed by atoms with E-state index in [4.69, 9.17) is 13.9 Å². The Labute approximate surface area is 179 Å². The zero-order chi connectivity index (χ0) is 21.7. The first-order chi connectivity index (χ1) is 14.4. The molecule has 1 atom stereocenters. The minimum atomic E-state index is -0.426. The maximum atomic E-state index is 12.5. The van der Waals surface area contributed by atoms with Crippen molar-refractivity contribution >= 4 is 29.0 Å². The van der Waals surface area contributed by atoms with Gasteiger partial charge in [-0.3, -0.25) is 4.79 Å². The molecule has 0 aliphatic rings. The van der Waals surface area contributed by atoms with Gasteiger partial charge < -0.3 is 24.1 Å².